The Labute approximate surface area is 88.0 Å². The van der Waals surface area contributed by atoms with Crippen LogP contribution in [-0.4, -0.2) is 19.7 Å². The van der Waals surface area contributed by atoms with Gasteiger partial charge in [0.05, 0.1) is 17.0 Å². The van der Waals surface area contributed by atoms with Crippen LogP contribution >= 0.6 is 0 Å². The second-order valence-corrected chi connectivity index (χ2v) is 5.82. The number of rotatable bonds is 2. The van der Waals surface area contributed by atoms with E-state index in [2.05, 4.69) is 4.98 Å². The largest absolute Gasteiger partial charge is 0.397 e. The Balaban J connectivity index is 2.53. The quantitative estimate of drug-likeness (QED) is 0.755. The predicted octanol–water partition coefficient (Wildman–Crippen LogP) is 1.29. The number of sulfone groups is 1. The van der Waals surface area contributed by atoms with Gasteiger partial charge in [0, 0.05) is 17.3 Å². The van der Waals surface area contributed by atoms with E-state index in [1.165, 1.54) is 6.26 Å². The lowest BCUT2D eigenvalue weighted by Crippen LogP contribution is -2.00. The molecule has 0 amide bonds. The first-order valence-corrected chi connectivity index (χ1v) is 6.55. The fourth-order valence-electron chi connectivity index (χ4n) is 1.60. The first-order valence-electron chi connectivity index (χ1n) is 4.49. The third-order valence-electron chi connectivity index (χ3n) is 2.16. The van der Waals surface area contributed by atoms with Crippen molar-refractivity contribution in [1.29, 1.82) is 0 Å². The number of H-pyrrole nitrogens is 1. The lowest BCUT2D eigenvalue weighted by molar-refractivity contribution is 0.600. The van der Waals surface area contributed by atoms with Gasteiger partial charge in [0.2, 0.25) is 0 Å². The molecule has 0 spiro atoms. The van der Waals surface area contributed by atoms with Crippen LogP contribution in [-0.2, 0) is 15.6 Å². The number of hydrogen-bond donors (Lipinski definition) is 2. The van der Waals surface area contributed by atoms with E-state index in [-0.39, 0.29) is 5.75 Å². The zero-order valence-corrected chi connectivity index (χ0v) is 9.14. The van der Waals surface area contributed by atoms with Gasteiger partial charge in [0.15, 0.2) is 9.84 Å². The maximum Gasteiger partial charge on any atom is 0.153 e. The molecule has 0 aliphatic heterocycles. The number of aromatic nitrogens is 1. The fraction of sp³-hybridized carbons (Fsp3) is 0.200. The van der Waals surface area contributed by atoms with Crippen molar-refractivity contribution in [2.45, 2.75) is 5.75 Å². The molecule has 0 saturated heterocycles. The molecule has 1 aromatic carbocycles. The highest BCUT2D eigenvalue weighted by molar-refractivity contribution is 7.89. The number of para-hydroxylation sites is 1. The number of aromatic amines is 1. The fourth-order valence-corrected chi connectivity index (χ4v) is 2.32. The van der Waals surface area contributed by atoms with Crippen LogP contribution in [0.3, 0.4) is 0 Å². The van der Waals surface area contributed by atoms with E-state index in [9.17, 15) is 8.42 Å². The van der Waals surface area contributed by atoms with Crippen LogP contribution in [0, 0.1) is 0 Å². The summed E-state index contributed by atoms with van der Waals surface area (Å²) in [6.45, 7) is 0. The maximum absolute atomic E-state index is 11.1. The van der Waals surface area contributed by atoms with Crippen LogP contribution in [0.4, 0.5) is 5.69 Å². The lowest BCUT2D eigenvalue weighted by Gasteiger charge is -1.95. The van der Waals surface area contributed by atoms with E-state index in [0.717, 1.165) is 10.9 Å². The number of fused-ring (bicyclic) bond motifs is 1. The molecule has 4 nitrogen and oxygen atoms in total. The minimum atomic E-state index is -3.01. The highest BCUT2D eigenvalue weighted by atomic mass is 32.2. The Morgan fingerprint density at radius 3 is 2.73 bits per heavy atom. The molecule has 1 heterocycles. The second-order valence-electron chi connectivity index (χ2n) is 3.68. The lowest BCUT2D eigenvalue weighted by atomic mass is 10.2. The van der Waals surface area contributed by atoms with E-state index in [1.807, 2.05) is 18.2 Å². The first kappa shape index (κ1) is 10.0. The van der Waals surface area contributed by atoms with Gasteiger partial charge >= 0.3 is 0 Å². The molecule has 0 radical (unpaired) electrons. The molecule has 0 bridgehead atoms. The van der Waals surface area contributed by atoms with Gasteiger partial charge in [0.1, 0.15) is 0 Å². The molecule has 0 aliphatic carbocycles. The molecule has 0 unspecified atom stereocenters. The summed E-state index contributed by atoms with van der Waals surface area (Å²) >= 11 is 0. The molecule has 2 aromatic rings. The molecule has 5 heteroatoms. The zero-order valence-electron chi connectivity index (χ0n) is 8.32. The van der Waals surface area contributed by atoms with Crippen molar-refractivity contribution in [2.75, 3.05) is 12.0 Å². The summed E-state index contributed by atoms with van der Waals surface area (Å²) < 4.78 is 22.2. The Bertz CT molecular complexity index is 599. The van der Waals surface area contributed by atoms with Crippen LogP contribution in [0.25, 0.3) is 10.9 Å². The van der Waals surface area contributed by atoms with Crippen LogP contribution in [0.2, 0.25) is 0 Å². The Morgan fingerprint density at radius 1 is 1.40 bits per heavy atom. The molecule has 0 aliphatic rings. The molecule has 0 saturated carbocycles. The molecule has 80 valence electrons. The third-order valence-corrected chi connectivity index (χ3v) is 3.00. The summed E-state index contributed by atoms with van der Waals surface area (Å²) in [6.07, 6.45) is 1.21. The van der Waals surface area contributed by atoms with Crippen molar-refractivity contribution in [3.63, 3.8) is 0 Å². The molecular weight excluding hydrogens is 212 g/mol. The molecule has 1 aromatic heterocycles. The number of anilines is 1. The summed E-state index contributed by atoms with van der Waals surface area (Å²) in [5, 5.41) is 0.939. The standard InChI is InChI=1S/C10H12N2O2S/c1-15(13,14)6-8-5-7-3-2-4-9(11)10(7)12-8/h2-5,12H,6,11H2,1H3. The van der Waals surface area contributed by atoms with Gasteiger partial charge in [-0.3, -0.25) is 0 Å². The van der Waals surface area contributed by atoms with Crippen LogP contribution < -0.4 is 5.73 Å². The predicted molar refractivity (Wildman–Crippen MR) is 61.3 cm³/mol. The van der Waals surface area contributed by atoms with Crippen molar-refractivity contribution in [3.05, 3.63) is 30.0 Å². The average molecular weight is 224 g/mol. The minimum absolute atomic E-state index is 0.0150. The van der Waals surface area contributed by atoms with E-state index in [4.69, 9.17) is 5.73 Å². The van der Waals surface area contributed by atoms with E-state index < -0.39 is 9.84 Å². The van der Waals surface area contributed by atoms with Gasteiger partial charge < -0.3 is 10.7 Å². The zero-order chi connectivity index (χ0) is 11.1. The minimum Gasteiger partial charge on any atom is -0.397 e. The molecule has 2 rings (SSSR count). The summed E-state index contributed by atoms with van der Waals surface area (Å²) in [5.74, 6) is 0.0150. The van der Waals surface area contributed by atoms with E-state index >= 15 is 0 Å². The topological polar surface area (TPSA) is 75.9 Å². The van der Waals surface area contributed by atoms with Gasteiger partial charge in [-0.1, -0.05) is 12.1 Å². The van der Waals surface area contributed by atoms with Gasteiger partial charge in [-0.25, -0.2) is 8.42 Å². The summed E-state index contributed by atoms with van der Waals surface area (Å²) in [4.78, 5) is 3.02. The van der Waals surface area contributed by atoms with Crippen LogP contribution in [0.1, 0.15) is 5.69 Å². The third kappa shape index (κ3) is 2.12. The first-order chi connectivity index (χ1) is 6.96. The van der Waals surface area contributed by atoms with Crippen molar-refractivity contribution < 1.29 is 8.42 Å². The molecular formula is C10H12N2O2S. The smallest absolute Gasteiger partial charge is 0.153 e. The highest BCUT2D eigenvalue weighted by Crippen LogP contribution is 2.21. The molecule has 0 fully saturated rings. The van der Waals surface area contributed by atoms with Crippen molar-refractivity contribution in [3.8, 4) is 0 Å². The van der Waals surface area contributed by atoms with Crippen molar-refractivity contribution in [2.24, 2.45) is 0 Å². The Hall–Kier alpha value is -1.49. The number of hydrogen-bond acceptors (Lipinski definition) is 3. The van der Waals surface area contributed by atoms with E-state index in [1.54, 1.807) is 6.07 Å². The average Bonchev–Trinajstić information content (AvgIpc) is 2.45. The Kier molecular flexibility index (Phi) is 2.19. The van der Waals surface area contributed by atoms with E-state index in [0.29, 0.717) is 11.4 Å². The molecule has 3 N–H and O–H groups in total. The number of nitrogen functional groups attached to an aromatic ring is 1. The summed E-state index contributed by atoms with van der Waals surface area (Å²) in [7, 11) is -3.01. The summed E-state index contributed by atoms with van der Waals surface area (Å²) in [5.41, 5.74) is 7.86. The Morgan fingerprint density at radius 2 is 2.13 bits per heavy atom. The highest BCUT2D eigenvalue weighted by Gasteiger charge is 2.08. The maximum atomic E-state index is 11.1. The SMILES string of the molecule is CS(=O)(=O)Cc1cc2cccc(N)c2[nH]1. The molecule has 15 heavy (non-hydrogen) atoms. The number of benzene rings is 1. The number of nitrogens with two attached hydrogens (primary N) is 1. The van der Waals surface area contributed by atoms with Gasteiger partial charge in [-0.2, -0.15) is 0 Å². The van der Waals surface area contributed by atoms with Gasteiger partial charge in [-0.15, -0.1) is 0 Å². The monoisotopic (exact) mass is 224 g/mol. The van der Waals surface area contributed by atoms with Gasteiger partial charge in [0.25, 0.3) is 0 Å². The normalized spacial score (nSPS) is 12.1. The summed E-state index contributed by atoms with van der Waals surface area (Å²) in [6, 6.07) is 7.33. The van der Waals surface area contributed by atoms with Gasteiger partial charge in [-0.05, 0) is 12.1 Å². The molecule has 0 atom stereocenters. The second kappa shape index (κ2) is 3.27. The van der Waals surface area contributed by atoms with Crippen LogP contribution in [0.15, 0.2) is 24.3 Å². The van der Waals surface area contributed by atoms with Crippen LogP contribution in [0.5, 0.6) is 0 Å². The number of nitrogens with one attached hydrogen (secondary N) is 1. The van der Waals surface area contributed by atoms with Crippen molar-refractivity contribution >= 4 is 26.4 Å². The van der Waals surface area contributed by atoms with Crippen molar-refractivity contribution in [1.82, 2.24) is 4.98 Å².